The SMILES string of the molecule is CCN(CCCNC(=O)CCNC(=O)C(C)(C)C)c1ccccc1. The topological polar surface area (TPSA) is 61.4 Å². The molecule has 2 N–H and O–H groups in total. The van der Waals surface area contributed by atoms with E-state index in [1.54, 1.807) is 0 Å². The average molecular weight is 333 g/mol. The van der Waals surface area contributed by atoms with E-state index < -0.39 is 5.41 Å². The van der Waals surface area contributed by atoms with Crippen LogP contribution in [0.5, 0.6) is 0 Å². The van der Waals surface area contributed by atoms with Gasteiger partial charge in [0.2, 0.25) is 11.8 Å². The molecule has 24 heavy (non-hydrogen) atoms. The molecule has 5 heteroatoms. The van der Waals surface area contributed by atoms with Crippen molar-refractivity contribution in [2.75, 3.05) is 31.1 Å². The summed E-state index contributed by atoms with van der Waals surface area (Å²) in [4.78, 5) is 25.8. The van der Waals surface area contributed by atoms with Gasteiger partial charge in [0.1, 0.15) is 0 Å². The number of carbonyl (C=O) groups is 2. The lowest BCUT2D eigenvalue weighted by Crippen LogP contribution is -2.37. The lowest BCUT2D eigenvalue weighted by atomic mass is 9.96. The maximum Gasteiger partial charge on any atom is 0.225 e. The molecule has 0 heterocycles. The molecule has 0 saturated carbocycles. The summed E-state index contributed by atoms with van der Waals surface area (Å²) in [6.45, 7) is 10.6. The van der Waals surface area contributed by atoms with Crippen LogP contribution in [0.3, 0.4) is 0 Å². The molecule has 0 radical (unpaired) electrons. The lowest BCUT2D eigenvalue weighted by molar-refractivity contribution is -0.128. The van der Waals surface area contributed by atoms with Gasteiger partial charge in [-0.2, -0.15) is 0 Å². The van der Waals surface area contributed by atoms with Crippen LogP contribution in [0.1, 0.15) is 40.5 Å². The van der Waals surface area contributed by atoms with Gasteiger partial charge in [-0.05, 0) is 25.5 Å². The van der Waals surface area contributed by atoms with E-state index in [9.17, 15) is 9.59 Å². The van der Waals surface area contributed by atoms with Crippen molar-refractivity contribution in [3.63, 3.8) is 0 Å². The van der Waals surface area contributed by atoms with Gasteiger partial charge >= 0.3 is 0 Å². The molecule has 2 amide bonds. The van der Waals surface area contributed by atoms with Crippen molar-refractivity contribution >= 4 is 17.5 Å². The highest BCUT2D eigenvalue weighted by atomic mass is 16.2. The Labute approximate surface area is 145 Å². The predicted octanol–water partition coefficient (Wildman–Crippen LogP) is 2.57. The van der Waals surface area contributed by atoms with Crippen molar-refractivity contribution < 1.29 is 9.59 Å². The molecule has 0 saturated heterocycles. The third-order valence-corrected chi connectivity index (χ3v) is 3.75. The van der Waals surface area contributed by atoms with Crippen LogP contribution in [0.25, 0.3) is 0 Å². The maximum atomic E-state index is 11.8. The Morgan fingerprint density at radius 2 is 1.71 bits per heavy atom. The highest BCUT2D eigenvalue weighted by Crippen LogP contribution is 2.13. The van der Waals surface area contributed by atoms with Gasteiger partial charge in [0.25, 0.3) is 0 Å². The van der Waals surface area contributed by atoms with Crippen molar-refractivity contribution in [1.82, 2.24) is 10.6 Å². The number of amides is 2. The molecule has 0 unspecified atom stereocenters. The largest absolute Gasteiger partial charge is 0.372 e. The summed E-state index contributed by atoms with van der Waals surface area (Å²) in [7, 11) is 0. The molecule has 0 aliphatic heterocycles. The molecule has 0 aliphatic rings. The van der Waals surface area contributed by atoms with Crippen LogP contribution in [0, 0.1) is 5.41 Å². The highest BCUT2D eigenvalue weighted by molar-refractivity contribution is 5.82. The summed E-state index contributed by atoms with van der Waals surface area (Å²) in [5.41, 5.74) is 0.786. The zero-order chi connectivity index (χ0) is 18.0. The summed E-state index contributed by atoms with van der Waals surface area (Å²) >= 11 is 0. The molecule has 0 spiro atoms. The second-order valence-corrected chi connectivity index (χ2v) is 6.87. The molecular weight excluding hydrogens is 302 g/mol. The van der Waals surface area contributed by atoms with Gasteiger partial charge in [-0.3, -0.25) is 9.59 Å². The fourth-order valence-corrected chi connectivity index (χ4v) is 2.25. The number of para-hydroxylation sites is 1. The Hall–Kier alpha value is -2.04. The third kappa shape index (κ3) is 7.49. The zero-order valence-electron chi connectivity index (χ0n) is 15.4. The highest BCUT2D eigenvalue weighted by Gasteiger charge is 2.20. The van der Waals surface area contributed by atoms with E-state index >= 15 is 0 Å². The zero-order valence-corrected chi connectivity index (χ0v) is 15.4. The first-order valence-corrected chi connectivity index (χ1v) is 8.69. The van der Waals surface area contributed by atoms with E-state index in [0.717, 1.165) is 19.5 Å². The Kier molecular flexibility index (Phi) is 8.30. The Balaban J connectivity index is 2.18. The number of anilines is 1. The van der Waals surface area contributed by atoms with Gasteiger partial charge in [-0.15, -0.1) is 0 Å². The smallest absolute Gasteiger partial charge is 0.225 e. The molecule has 134 valence electrons. The van der Waals surface area contributed by atoms with Crippen LogP contribution in [-0.4, -0.2) is 38.0 Å². The number of hydrogen-bond acceptors (Lipinski definition) is 3. The van der Waals surface area contributed by atoms with Gasteiger partial charge in [-0.25, -0.2) is 0 Å². The average Bonchev–Trinajstić information content (AvgIpc) is 2.54. The molecular formula is C19H31N3O2. The fraction of sp³-hybridized carbons (Fsp3) is 0.579. The normalized spacial score (nSPS) is 11.0. The summed E-state index contributed by atoms with van der Waals surface area (Å²) in [6, 6.07) is 10.3. The number of hydrogen-bond donors (Lipinski definition) is 2. The van der Waals surface area contributed by atoms with Crippen molar-refractivity contribution in [1.29, 1.82) is 0 Å². The molecule has 0 aromatic heterocycles. The number of nitrogens with zero attached hydrogens (tertiary/aromatic N) is 1. The van der Waals surface area contributed by atoms with Crippen molar-refractivity contribution in [3.05, 3.63) is 30.3 Å². The van der Waals surface area contributed by atoms with Gasteiger partial charge in [0.05, 0.1) is 0 Å². The minimum Gasteiger partial charge on any atom is -0.372 e. The summed E-state index contributed by atoms with van der Waals surface area (Å²) in [5, 5.41) is 5.69. The van der Waals surface area contributed by atoms with Crippen LogP contribution in [-0.2, 0) is 9.59 Å². The van der Waals surface area contributed by atoms with Crippen molar-refractivity contribution in [3.8, 4) is 0 Å². The van der Waals surface area contributed by atoms with Crippen molar-refractivity contribution in [2.24, 2.45) is 5.41 Å². The third-order valence-electron chi connectivity index (χ3n) is 3.75. The standard InChI is InChI=1S/C19H31N3O2/c1-5-22(16-10-7-6-8-11-16)15-9-13-20-17(23)12-14-21-18(24)19(2,3)4/h6-8,10-11H,5,9,12-15H2,1-4H3,(H,20,23)(H,21,24). The monoisotopic (exact) mass is 333 g/mol. The molecule has 1 rings (SSSR count). The van der Waals surface area contributed by atoms with Crippen molar-refractivity contribution in [2.45, 2.75) is 40.5 Å². The second-order valence-electron chi connectivity index (χ2n) is 6.87. The Morgan fingerprint density at radius 3 is 2.29 bits per heavy atom. The summed E-state index contributed by atoms with van der Waals surface area (Å²) in [5.74, 6) is -0.0521. The quantitative estimate of drug-likeness (QED) is 0.683. The number of benzene rings is 1. The Bertz CT molecular complexity index is 509. The van der Waals surface area contributed by atoms with Gasteiger partial charge in [0, 0.05) is 43.7 Å². The van der Waals surface area contributed by atoms with Crippen LogP contribution >= 0.6 is 0 Å². The van der Waals surface area contributed by atoms with Crippen LogP contribution in [0.15, 0.2) is 30.3 Å². The van der Waals surface area contributed by atoms with E-state index in [1.165, 1.54) is 5.69 Å². The Morgan fingerprint density at radius 1 is 1.04 bits per heavy atom. The predicted molar refractivity (Wildman–Crippen MR) is 99.0 cm³/mol. The van der Waals surface area contributed by atoms with E-state index in [2.05, 4.69) is 34.6 Å². The first kappa shape index (κ1) is 20.0. The minimum atomic E-state index is -0.419. The number of nitrogens with one attached hydrogen (secondary N) is 2. The first-order chi connectivity index (χ1) is 11.3. The molecule has 0 aliphatic carbocycles. The van der Waals surface area contributed by atoms with E-state index in [4.69, 9.17) is 0 Å². The summed E-state index contributed by atoms with van der Waals surface area (Å²) in [6.07, 6.45) is 1.21. The molecule has 0 atom stereocenters. The van der Waals surface area contributed by atoms with Gasteiger partial charge in [0.15, 0.2) is 0 Å². The molecule has 5 nitrogen and oxygen atoms in total. The minimum absolute atomic E-state index is 0.0213. The summed E-state index contributed by atoms with van der Waals surface area (Å²) < 4.78 is 0. The van der Waals surface area contributed by atoms with Crippen LogP contribution in [0.4, 0.5) is 5.69 Å². The van der Waals surface area contributed by atoms with E-state index in [1.807, 2.05) is 39.0 Å². The number of carbonyl (C=O) groups excluding carboxylic acids is 2. The molecule has 0 bridgehead atoms. The molecule has 1 aromatic rings. The molecule has 0 fully saturated rings. The number of rotatable bonds is 9. The first-order valence-electron chi connectivity index (χ1n) is 8.69. The van der Waals surface area contributed by atoms with Crippen LogP contribution < -0.4 is 15.5 Å². The fourth-order valence-electron chi connectivity index (χ4n) is 2.25. The maximum absolute atomic E-state index is 11.8. The van der Waals surface area contributed by atoms with Gasteiger partial charge < -0.3 is 15.5 Å². The van der Waals surface area contributed by atoms with E-state index in [-0.39, 0.29) is 11.8 Å². The van der Waals surface area contributed by atoms with E-state index in [0.29, 0.717) is 19.5 Å². The second kappa shape index (κ2) is 9.96. The lowest BCUT2D eigenvalue weighted by Gasteiger charge is -2.23. The molecule has 1 aromatic carbocycles. The van der Waals surface area contributed by atoms with Gasteiger partial charge in [-0.1, -0.05) is 39.0 Å². The van der Waals surface area contributed by atoms with Crippen LogP contribution in [0.2, 0.25) is 0 Å².